The second kappa shape index (κ2) is 8.15. The van der Waals surface area contributed by atoms with E-state index in [1.165, 1.54) is 16.5 Å². The molecule has 0 radical (unpaired) electrons. The van der Waals surface area contributed by atoms with E-state index in [1.54, 1.807) is 23.9 Å². The summed E-state index contributed by atoms with van der Waals surface area (Å²) < 4.78 is 28.9. The van der Waals surface area contributed by atoms with Crippen molar-refractivity contribution in [1.82, 2.24) is 5.32 Å². The van der Waals surface area contributed by atoms with Gasteiger partial charge in [0.05, 0.1) is 0 Å². The smallest absolute Gasteiger partial charge is 0.387 e. The molecule has 22 heavy (non-hydrogen) atoms. The van der Waals surface area contributed by atoms with E-state index in [0.29, 0.717) is 0 Å². The van der Waals surface area contributed by atoms with Gasteiger partial charge in [-0.1, -0.05) is 24.3 Å². The zero-order valence-corrected chi connectivity index (χ0v) is 13.4. The lowest BCUT2D eigenvalue weighted by atomic mass is 10.1. The van der Waals surface area contributed by atoms with Crippen molar-refractivity contribution in [1.29, 1.82) is 0 Å². The van der Waals surface area contributed by atoms with Crippen LogP contribution in [0.3, 0.4) is 0 Å². The quantitative estimate of drug-likeness (QED) is 0.735. The number of thioether (sulfide) groups is 1. The summed E-state index contributed by atoms with van der Waals surface area (Å²) in [5.74, 6) is 0.186. The predicted molar refractivity (Wildman–Crippen MR) is 86.6 cm³/mol. The second-order valence-corrected chi connectivity index (χ2v) is 5.78. The first-order chi connectivity index (χ1) is 10.6. The van der Waals surface area contributed by atoms with Crippen LogP contribution < -0.4 is 10.1 Å². The molecule has 5 heteroatoms. The first-order valence-corrected chi connectivity index (χ1v) is 8.22. The average Bonchev–Trinajstić information content (AvgIpc) is 2.52. The number of halogens is 2. The highest BCUT2D eigenvalue weighted by Gasteiger charge is 2.09. The summed E-state index contributed by atoms with van der Waals surface area (Å²) in [6.07, 6.45) is 2.05. The molecular formula is C17H19F2NOS. The normalized spacial score (nSPS) is 12.4. The van der Waals surface area contributed by atoms with E-state index < -0.39 is 6.61 Å². The van der Waals surface area contributed by atoms with Gasteiger partial charge >= 0.3 is 6.61 Å². The zero-order chi connectivity index (χ0) is 15.9. The summed E-state index contributed by atoms with van der Waals surface area (Å²) in [7, 11) is 0. The molecule has 2 aromatic rings. The standard InChI is InChI=1S/C17H19F2NOS/c1-12(14-4-3-5-15(10-14)21-17(18)19)20-11-13-6-8-16(22-2)9-7-13/h3-10,12,17,20H,11H2,1-2H3. The molecule has 0 aromatic heterocycles. The Balaban J connectivity index is 1.94. The highest BCUT2D eigenvalue weighted by molar-refractivity contribution is 7.98. The summed E-state index contributed by atoms with van der Waals surface area (Å²) in [6, 6.07) is 15.2. The van der Waals surface area contributed by atoms with Crippen molar-refractivity contribution in [3.05, 3.63) is 59.7 Å². The summed E-state index contributed by atoms with van der Waals surface area (Å²) in [5, 5.41) is 3.38. The topological polar surface area (TPSA) is 21.3 Å². The van der Waals surface area contributed by atoms with Crippen LogP contribution in [0, 0.1) is 0 Å². The van der Waals surface area contributed by atoms with Crippen molar-refractivity contribution in [2.45, 2.75) is 31.0 Å². The number of rotatable bonds is 7. The Hall–Kier alpha value is -1.59. The van der Waals surface area contributed by atoms with E-state index in [-0.39, 0.29) is 11.8 Å². The summed E-state index contributed by atoms with van der Waals surface area (Å²) in [5.41, 5.74) is 2.10. The Morgan fingerprint density at radius 3 is 2.50 bits per heavy atom. The fraction of sp³-hybridized carbons (Fsp3) is 0.294. The van der Waals surface area contributed by atoms with E-state index in [9.17, 15) is 8.78 Å². The number of alkyl halides is 2. The van der Waals surface area contributed by atoms with Crippen LogP contribution in [0.5, 0.6) is 5.75 Å². The van der Waals surface area contributed by atoms with Gasteiger partial charge in [0.25, 0.3) is 0 Å². The van der Waals surface area contributed by atoms with Gasteiger partial charge in [-0.2, -0.15) is 8.78 Å². The molecule has 1 unspecified atom stereocenters. The van der Waals surface area contributed by atoms with Crippen molar-refractivity contribution in [3.63, 3.8) is 0 Å². The molecule has 0 aliphatic heterocycles. The summed E-state index contributed by atoms with van der Waals surface area (Å²) in [6.45, 7) is -0.0819. The van der Waals surface area contributed by atoms with Gasteiger partial charge < -0.3 is 10.1 Å². The average molecular weight is 323 g/mol. The lowest BCUT2D eigenvalue weighted by Gasteiger charge is -2.15. The van der Waals surface area contributed by atoms with Crippen LogP contribution in [0.2, 0.25) is 0 Å². The fourth-order valence-electron chi connectivity index (χ4n) is 2.09. The van der Waals surface area contributed by atoms with Crippen molar-refractivity contribution in [2.75, 3.05) is 6.26 Å². The van der Waals surface area contributed by atoms with Crippen LogP contribution in [-0.4, -0.2) is 12.9 Å². The monoisotopic (exact) mass is 323 g/mol. The zero-order valence-electron chi connectivity index (χ0n) is 12.6. The summed E-state index contributed by atoms with van der Waals surface area (Å²) >= 11 is 1.71. The molecule has 0 heterocycles. The van der Waals surface area contributed by atoms with E-state index in [2.05, 4.69) is 34.3 Å². The Bertz CT molecular complexity index is 589. The molecular weight excluding hydrogens is 304 g/mol. The number of ether oxygens (including phenoxy) is 1. The molecule has 0 amide bonds. The van der Waals surface area contributed by atoms with Gasteiger partial charge in [-0.25, -0.2) is 0 Å². The van der Waals surface area contributed by atoms with Crippen LogP contribution in [0.1, 0.15) is 24.1 Å². The molecule has 0 aliphatic rings. The highest BCUT2D eigenvalue weighted by Crippen LogP contribution is 2.21. The van der Waals surface area contributed by atoms with Gasteiger partial charge in [0.1, 0.15) is 5.75 Å². The Kier molecular flexibility index (Phi) is 6.21. The molecule has 0 spiro atoms. The van der Waals surface area contributed by atoms with Crippen LogP contribution in [0.15, 0.2) is 53.4 Å². The molecule has 1 atom stereocenters. The van der Waals surface area contributed by atoms with Gasteiger partial charge in [-0.05, 0) is 48.6 Å². The molecule has 118 valence electrons. The van der Waals surface area contributed by atoms with Crippen molar-refractivity contribution < 1.29 is 13.5 Å². The van der Waals surface area contributed by atoms with Crippen LogP contribution >= 0.6 is 11.8 Å². The molecule has 2 rings (SSSR count). The lowest BCUT2D eigenvalue weighted by Crippen LogP contribution is -2.18. The third-order valence-electron chi connectivity index (χ3n) is 3.35. The third kappa shape index (κ3) is 5.00. The lowest BCUT2D eigenvalue weighted by molar-refractivity contribution is -0.0499. The van der Waals surface area contributed by atoms with Gasteiger partial charge in [-0.15, -0.1) is 11.8 Å². The fourth-order valence-corrected chi connectivity index (χ4v) is 2.50. The molecule has 2 nitrogen and oxygen atoms in total. The Morgan fingerprint density at radius 1 is 1.14 bits per heavy atom. The highest BCUT2D eigenvalue weighted by atomic mass is 32.2. The molecule has 0 saturated carbocycles. The molecule has 0 saturated heterocycles. The first kappa shape index (κ1) is 16.8. The van der Waals surface area contributed by atoms with Gasteiger partial charge in [0.15, 0.2) is 0 Å². The SMILES string of the molecule is CSc1ccc(CNC(C)c2cccc(OC(F)F)c2)cc1. The maximum atomic E-state index is 12.2. The molecule has 0 aliphatic carbocycles. The molecule has 0 fully saturated rings. The van der Waals surface area contributed by atoms with Gasteiger partial charge in [0.2, 0.25) is 0 Å². The van der Waals surface area contributed by atoms with Crippen molar-refractivity contribution in [3.8, 4) is 5.75 Å². The number of nitrogens with one attached hydrogen (secondary N) is 1. The van der Waals surface area contributed by atoms with E-state index >= 15 is 0 Å². The minimum atomic E-state index is -2.80. The molecule has 2 aromatic carbocycles. The maximum Gasteiger partial charge on any atom is 0.387 e. The van der Waals surface area contributed by atoms with Crippen molar-refractivity contribution in [2.24, 2.45) is 0 Å². The van der Waals surface area contributed by atoms with E-state index in [4.69, 9.17) is 0 Å². The summed E-state index contributed by atoms with van der Waals surface area (Å²) in [4.78, 5) is 1.23. The van der Waals surface area contributed by atoms with Crippen LogP contribution in [-0.2, 0) is 6.54 Å². The van der Waals surface area contributed by atoms with Crippen molar-refractivity contribution >= 4 is 11.8 Å². The van der Waals surface area contributed by atoms with E-state index in [1.807, 2.05) is 19.2 Å². The Labute approximate surface area is 133 Å². The number of hydrogen-bond acceptors (Lipinski definition) is 3. The predicted octanol–water partition coefficient (Wildman–Crippen LogP) is 4.86. The first-order valence-electron chi connectivity index (χ1n) is 6.99. The number of hydrogen-bond donors (Lipinski definition) is 1. The van der Waals surface area contributed by atoms with Gasteiger partial charge in [0, 0.05) is 17.5 Å². The third-order valence-corrected chi connectivity index (χ3v) is 4.10. The van der Waals surface area contributed by atoms with Gasteiger partial charge in [-0.3, -0.25) is 0 Å². The van der Waals surface area contributed by atoms with Crippen LogP contribution in [0.25, 0.3) is 0 Å². The van der Waals surface area contributed by atoms with Crippen LogP contribution in [0.4, 0.5) is 8.78 Å². The molecule has 1 N–H and O–H groups in total. The molecule has 0 bridgehead atoms. The maximum absolute atomic E-state index is 12.2. The Morgan fingerprint density at radius 2 is 1.86 bits per heavy atom. The largest absolute Gasteiger partial charge is 0.435 e. The minimum absolute atomic E-state index is 0.0430. The second-order valence-electron chi connectivity index (χ2n) is 4.90. The van der Waals surface area contributed by atoms with E-state index in [0.717, 1.165) is 12.1 Å². The number of benzene rings is 2. The minimum Gasteiger partial charge on any atom is -0.435 e.